The van der Waals surface area contributed by atoms with Crippen LogP contribution >= 0.6 is 11.3 Å². The third-order valence-corrected chi connectivity index (χ3v) is 5.84. The van der Waals surface area contributed by atoms with Crippen LogP contribution in [0.15, 0.2) is 6.20 Å². The second-order valence-electron chi connectivity index (χ2n) is 6.30. The van der Waals surface area contributed by atoms with Crippen molar-refractivity contribution in [1.29, 1.82) is 0 Å². The molecule has 21 heavy (non-hydrogen) atoms. The minimum absolute atomic E-state index is 0.750. The lowest BCUT2D eigenvalue weighted by Gasteiger charge is -2.46. The molecule has 5 nitrogen and oxygen atoms in total. The molecule has 0 N–H and O–H groups in total. The second-order valence-corrected chi connectivity index (χ2v) is 7.39. The van der Waals surface area contributed by atoms with E-state index in [0.29, 0.717) is 0 Å². The fourth-order valence-electron chi connectivity index (χ4n) is 3.49. The number of likely N-dealkylation sites (tertiary alicyclic amines) is 1. The van der Waals surface area contributed by atoms with E-state index in [1.54, 1.807) is 0 Å². The average Bonchev–Trinajstić information content (AvgIpc) is 3.14. The van der Waals surface area contributed by atoms with Crippen LogP contribution in [0, 0.1) is 0 Å². The Bertz CT molecular complexity index is 462. The number of ether oxygens (including phenoxy) is 1. The van der Waals surface area contributed by atoms with Crippen LogP contribution in [-0.4, -0.2) is 73.3 Å². The molecule has 0 spiro atoms. The Labute approximate surface area is 130 Å². The normalized spacial score (nSPS) is 25.4. The van der Waals surface area contributed by atoms with Crippen molar-refractivity contribution in [3.8, 4) is 0 Å². The molecule has 3 aliphatic rings. The monoisotopic (exact) mass is 308 g/mol. The number of hydrogen-bond acceptors (Lipinski definition) is 6. The van der Waals surface area contributed by atoms with Gasteiger partial charge in [0, 0.05) is 62.9 Å². The van der Waals surface area contributed by atoms with Crippen molar-refractivity contribution < 1.29 is 4.74 Å². The first-order valence-corrected chi connectivity index (χ1v) is 8.94. The van der Waals surface area contributed by atoms with E-state index in [0.717, 1.165) is 38.9 Å². The van der Waals surface area contributed by atoms with Gasteiger partial charge in [0.1, 0.15) is 0 Å². The molecule has 1 aromatic rings. The predicted molar refractivity (Wildman–Crippen MR) is 85.0 cm³/mol. The molecular formula is C15H24N4OS. The van der Waals surface area contributed by atoms with Crippen molar-refractivity contribution in [1.82, 2.24) is 14.8 Å². The minimum Gasteiger partial charge on any atom is -0.379 e. The zero-order chi connectivity index (χ0) is 14.1. The van der Waals surface area contributed by atoms with Crippen molar-refractivity contribution in [2.24, 2.45) is 0 Å². The number of anilines is 1. The van der Waals surface area contributed by atoms with Crippen LogP contribution in [0.2, 0.25) is 0 Å². The number of nitrogens with zero attached hydrogens (tertiary/aromatic N) is 4. The van der Waals surface area contributed by atoms with E-state index < -0.39 is 0 Å². The summed E-state index contributed by atoms with van der Waals surface area (Å²) in [5.74, 6) is 0. The highest BCUT2D eigenvalue weighted by Crippen LogP contribution is 2.28. The van der Waals surface area contributed by atoms with Crippen LogP contribution in [-0.2, 0) is 11.3 Å². The fourth-order valence-corrected chi connectivity index (χ4v) is 4.49. The van der Waals surface area contributed by atoms with E-state index in [4.69, 9.17) is 4.74 Å². The van der Waals surface area contributed by atoms with Crippen molar-refractivity contribution in [3.63, 3.8) is 0 Å². The Hall–Kier alpha value is -0.690. The smallest absolute Gasteiger partial charge is 0.185 e. The van der Waals surface area contributed by atoms with E-state index in [9.17, 15) is 0 Å². The lowest BCUT2D eigenvalue weighted by atomic mass is 10.1. The maximum atomic E-state index is 5.43. The first kappa shape index (κ1) is 13.9. The Morgan fingerprint density at radius 2 is 1.90 bits per heavy atom. The van der Waals surface area contributed by atoms with Crippen LogP contribution in [0.1, 0.15) is 17.7 Å². The molecule has 3 saturated heterocycles. The highest BCUT2D eigenvalue weighted by molar-refractivity contribution is 7.15. The molecule has 0 bridgehead atoms. The van der Waals surface area contributed by atoms with Gasteiger partial charge >= 0.3 is 0 Å². The van der Waals surface area contributed by atoms with Gasteiger partial charge in [-0.2, -0.15) is 0 Å². The highest BCUT2D eigenvalue weighted by atomic mass is 32.1. The SMILES string of the molecule is c1nc(N2CCCC2)sc1CN1CC(N2CCOCC2)C1. The van der Waals surface area contributed by atoms with Crippen molar-refractivity contribution in [3.05, 3.63) is 11.1 Å². The molecule has 4 heterocycles. The minimum atomic E-state index is 0.750. The first-order valence-electron chi connectivity index (χ1n) is 8.12. The van der Waals surface area contributed by atoms with Crippen LogP contribution in [0.5, 0.6) is 0 Å². The number of aromatic nitrogens is 1. The summed E-state index contributed by atoms with van der Waals surface area (Å²) in [6, 6.07) is 0.750. The largest absolute Gasteiger partial charge is 0.379 e. The zero-order valence-corrected chi connectivity index (χ0v) is 13.4. The molecule has 4 rings (SSSR count). The molecule has 0 atom stereocenters. The quantitative estimate of drug-likeness (QED) is 0.836. The summed E-state index contributed by atoms with van der Waals surface area (Å²) >= 11 is 1.88. The van der Waals surface area contributed by atoms with Gasteiger partial charge in [-0.15, -0.1) is 11.3 Å². The van der Waals surface area contributed by atoms with Crippen molar-refractivity contribution in [2.45, 2.75) is 25.4 Å². The lowest BCUT2D eigenvalue weighted by Crippen LogP contribution is -2.60. The van der Waals surface area contributed by atoms with Gasteiger partial charge in [-0.1, -0.05) is 0 Å². The first-order chi connectivity index (χ1) is 10.4. The molecule has 6 heteroatoms. The summed E-state index contributed by atoms with van der Waals surface area (Å²) in [6.45, 7) is 9.90. The third-order valence-electron chi connectivity index (χ3n) is 4.80. The van der Waals surface area contributed by atoms with Crippen LogP contribution in [0.4, 0.5) is 5.13 Å². The lowest BCUT2D eigenvalue weighted by molar-refractivity contribution is -0.0341. The van der Waals surface area contributed by atoms with Crippen LogP contribution in [0.3, 0.4) is 0 Å². The van der Waals surface area contributed by atoms with Gasteiger partial charge < -0.3 is 9.64 Å². The second kappa shape index (κ2) is 6.20. The Kier molecular flexibility index (Phi) is 4.12. The summed E-state index contributed by atoms with van der Waals surface area (Å²) in [5.41, 5.74) is 0. The van der Waals surface area contributed by atoms with E-state index in [1.165, 1.54) is 49.0 Å². The van der Waals surface area contributed by atoms with Crippen molar-refractivity contribution in [2.75, 3.05) is 57.4 Å². The Balaban J connectivity index is 1.26. The molecule has 0 unspecified atom stereocenters. The molecule has 3 aliphatic heterocycles. The van der Waals surface area contributed by atoms with Crippen LogP contribution < -0.4 is 4.90 Å². The third kappa shape index (κ3) is 3.08. The molecule has 1 aromatic heterocycles. The molecule has 3 fully saturated rings. The van der Waals surface area contributed by atoms with Gasteiger partial charge in [-0.25, -0.2) is 4.98 Å². The summed E-state index contributed by atoms with van der Waals surface area (Å²) in [6.07, 6.45) is 4.73. The summed E-state index contributed by atoms with van der Waals surface area (Å²) < 4.78 is 5.43. The van der Waals surface area contributed by atoms with E-state index in [2.05, 4.69) is 25.9 Å². The maximum Gasteiger partial charge on any atom is 0.185 e. The van der Waals surface area contributed by atoms with E-state index in [-0.39, 0.29) is 0 Å². The standard InChI is InChI=1S/C15H24N4OS/c1-2-4-19(3-1)15-16-9-14(21-15)12-17-10-13(11-17)18-5-7-20-8-6-18/h9,13H,1-8,10-12H2. The van der Waals surface area contributed by atoms with Gasteiger partial charge in [-0.05, 0) is 12.8 Å². The molecule has 116 valence electrons. The van der Waals surface area contributed by atoms with Crippen molar-refractivity contribution >= 4 is 16.5 Å². The van der Waals surface area contributed by atoms with Gasteiger partial charge in [0.15, 0.2) is 5.13 Å². The summed E-state index contributed by atoms with van der Waals surface area (Å²) in [5, 5.41) is 1.23. The van der Waals surface area contributed by atoms with Gasteiger partial charge in [0.2, 0.25) is 0 Å². The van der Waals surface area contributed by atoms with Gasteiger partial charge in [0.25, 0.3) is 0 Å². The summed E-state index contributed by atoms with van der Waals surface area (Å²) in [7, 11) is 0. The van der Waals surface area contributed by atoms with Gasteiger partial charge in [0.05, 0.1) is 13.2 Å². The Morgan fingerprint density at radius 3 is 2.67 bits per heavy atom. The number of hydrogen-bond donors (Lipinski definition) is 0. The zero-order valence-electron chi connectivity index (χ0n) is 12.5. The number of rotatable bonds is 4. The average molecular weight is 308 g/mol. The van der Waals surface area contributed by atoms with Gasteiger partial charge in [-0.3, -0.25) is 9.80 Å². The maximum absolute atomic E-state index is 5.43. The molecule has 0 radical (unpaired) electrons. The molecule has 0 saturated carbocycles. The number of thiazole rings is 1. The molecule has 0 aliphatic carbocycles. The molecular weight excluding hydrogens is 284 g/mol. The summed E-state index contributed by atoms with van der Waals surface area (Å²) in [4.78, 5) is 13.6. The van der Waals surface area contributed by atoms with E-state index in [1.807, 2.05) is 11.3 Å². The number of morpholine rings is 1. The predicted octanol–water partition coefficient (Wildman–Crippen LogP) is 1.26. The van der Waals surface area contributed by atoms with Crippen LogP contribution in [0.25, 0.3) is 0 Å². The topological polar surface area (TPSA) is 31.8 Å². The molecule has 0 aromatic carbocycles. The highest BCUT2D eigenvalue weighted by Gasteiger charge is 2.32. The fraction of sp³-hybridized carbons (Fsp3) is 0.800. The van der Waals surface area contributed by atoms with E-state index >= 15 is 0 Å². The Morgan fingerprint density at radius 1 is 1.14 bits per heavy atom. The molecule has 0 amide bonds.